The van der Waals surface area contributed by atoms with Crippen LogP contribution < -0.4 is 9.47 Å². The maximum atomic E-state index is 6.02. The lowest BCUT2D eigenvalue weighted by molar-refractivity contribution is 0.414. The smallest absolute Gasteiger partial charge is 0.228 e. The second kappa shape index (κ2) is 7.33. The van der Waals surface area contributed by atoms with E-state index in [1.54, 1.807) is 32.8 Å². The molecule has 2 aromatic carbocycles. The van der Waals surface area contributed by atoms with Crippen molar-refractivity contribution >= 4 is 0 Å². The normalized spacial score (nSPS) is 10.6. The van der Waals surface area contributed by atoms with Gasteiger partial charge in [-0.25, -0.2) is 4.98 Å². The van der Waals surface area contributed by atoms with Gasteiger partial charge in [0.2, 0.25) is 5.89 Å². The zero-order valence-electron chi connectivity index (χ0n) is 15.0. The van der Waals surface area contributed by atoms with Gasteiger partial charge in [0, 0.05) is 18.0 Å². The first kappa shape index (κ1) is 16.8. The van der Waals surface area contributed by atoms with Gasteiger partial charge in [0.25, 0.3) is 0 Å². The molecule has 0 aliphatic heterocycles. The topological polar surface area (TPSA) is 57.4 Å². The molecule has 4 aromatic rings. The SMILES string of the molecule is COc1ccc(-c2cnc(-c3cnccc3-c3ccc(OC)cc3)o2)cc1. The molecule has 0 aliphatic carbocycles. The largest absolute Gasteiger partial charge is 0.497 e. The number of pyridine rings is 1. The fourth-order valence-corrected chi connectivity index (χ4v) is 2.87. The molecule has 5 nitrogen and oxygen atoms in total. The highest BCUT2D eigenvalue weighted by molar-refractivity contribution is 5.80. The summed E-state index contributed by atoms with van der Waals surface area (Å²) in [5.41, 5.74) is 3.81. The van der Waals surface area contributed by atoms with E-state index < -0.39 is 0 Å². The summed E-state index contributed by atoms with van der Waals surface area (Å²) in [5.74, 6) is 2.83. The Morgan fingerprint density at radius 3 is 1.96 bits per heavy atom. The monoisotopic (exact) mass is 358 g/mol. The van der Waals surface area contributed by atoms with Crippen molar-refractivity contribution in [2.24, 2.45) is 0 Å². The average Bonchev–Trinajstić information content (AvgIpc) is 3.24. The number of benzene rings is 2. The molecule has 0 spiro atoms. The predicted molar refractivity (Wildman–Crippen MR) is 104 cm³/mol. The molecule has 2 heterocycles. The van der Waals surface area contributed by atoms with Crippen LogP contribution in [0.3, 0.4) is 0 Å². The van der Waals surface area contributed by atoms with Gasteiger partial charge in [-0.1, -0.05) is 12.1 Å². The van der Waals surface area contributed by atoms with Crippen LogP contribution in [0.4, 0.5) is 0 Å². The number of hydrogen-bond acceptors (Lipinski definition) is 5. The van der Waals surface area contributed by atoms with Crippen LogP contribution in [0.2, 0.25) is 0 Å². The van der Waals surface area contributed by atoms with Crippen LogP contribution in [0.25, 0.3) is 33.9 Å². The predicted octanol–water partition coefficient (Wildman–Crippen LogP) is 5.09. The molecule has 0 aliphatic rings. The number of aromatic nitrogens is 2. The first-order valence-electron chi connectivity index (χ1n) is 8.47. The summed E-state index contributed by atoms with van der Waals surface area (Å²) in [7, 11) is 3.30. The van der Waals surface area contributed by atoms with Crippen molar-refractivity contribution in [1.29, 1.82) is 0 Å². The minimum atomic E-state index is 0.528. The standard InChI is InChI=1S/C22H18N2O3/c1-25-17-7-3-15(4-8-17)19-11-12-23-13-20(19)22-24-14-21(27-22)16-5-9-18(26-2)10-6-16/h3-14H,1-2H3. The summed E-state index contributed by atoms with van der Waals surface area (Å²) >= 11 is 0. The maximum Gasteiger partial charge on any atom is 0.228 e. The highest BCUT2D eigenvalue weighted by Gasteiger charge is 2.14. The Kier molecular flexibility index (Phi) is 4.58. The number of oxazole rings is 1. The highest BCUT2D eigenvalue weighted by Crippen LogP contribution is 2.34. The fraction of sp³-hybridized carbons (Fsp3) is 0.0909. The number of ether oxygens (including phenoxy) is 2. The molecule has 27 heavy (non-hydrogen) atoms. The minimum Gasteiger partial charge on any atom is -0.497 e. The van der Waals surface area contributed by atoms with Crippen LogP contribution in [-0.2, 0) is 0 Å². The molecule has 0 radical (unpaired) electrons. The summed E-state index contributed by atoms with van der Waals surface area (Å²) < 4.78 is 16.5. The van der Waals surface area contributed by atoms with Crippen LogP contribution in [0.15, 0.2) is 77.6 Å². The molecule has 0 bridgehead atoms. The van der Waals surface area contributed by atoms with Gasteiger partial charge in [-0.3, -0.25) is 4.98 Å². The van der Waals surface area contributed by atoms with Crippen LogP contribution in [-0.4, -0.2) is 24.2 Å². The van der Waals surface area contributed by atoms with Crippen molar-refractivity contribution in [3.63, 3.8) is 0 Å². The number of rotatable bonds is 5. The molecule has 2 aromatic heterocycles. The van der Waals surface area contributed by atoms with E-state index in [1.807, 2.05) is 54.6 Å². The lowest BCUT2D eigenvalue weighted by atomic mass is 10.0. The molecule has 0 unspecified atom stereocenters. The van der Waals surface area contributed by atoms with E-state index in [-0.39, 0.29) is 0 Å². The first-order valence-corrected chi connectivity index (χ1v) is 8.47. The van der Waals surface area contributed by atoms with Gasteiger partial charge < -0.3 is 13.9 Å². The molecule has 5 heteroatoms. The third-order valence-corrected chi connectivity index (χ3v) is 4.33. The molecule has 0 amide bonds. The zero-order valence-corrected chi connectivity index (χ0v) is 15.0. The summed E-state index contributed by atoms with van der Waals surface area (Å²) in [6, 6.07) is 17.5. The Labute approximate surface area is 157 Å². The second-order valence-electron chi connectivity index (χ2n) is 5.91. The van der Waals surface area contributed by atoms with Crippen molar-refractivity contribution in [2.75, 3.05) is 14.2 Å². The third kappa shape index (κ3) is 3.40. The maximum absolute atomic E-state index is 6.02. The van der Waals surface area contributed by atoms with E-state index in [0.29, 0.717) is 11.7 Å². The first-order chi connectivity index (χ1) is 13.3. The fourth-order valence-electron chi connectivity index (χ4n) is 2.87. The van der Waals surface area contributed by atoms with E-state index in [2.05, 4.69) is 9.97 Å². The summed E-state index contributed by atoms with van der Waals surface area (Å²) in [4.78, 5) is 8.71. The van der Waals surface area contributed by atoms with E-state index in [9.17, 15) is 0 Å². The number of methoxy groups -OCH3 is 2. The van der Waals surface area contributed by atoms with Gasteiger partial charge in [0.15, 0.2) is 5.76 Å². The quantitative estimate of drug-likeness (QED) is 0.497. The van der Waals surface area contributed by atoms with Gasteiger partial charge in [-0.15, -0.1) is 0 Å². The van der Waals surface area contributed by atoms with E-state index in [1.165, 1.54) is 0 Å². The molecule has 4 rings (SSSR count). The van der Waals surface area contributed by atoms with Crippen molar-refractivity contribution in [3.05, 3.63) is 73.2 Å². The Bertz CT molecular complexity index is 1040. The molecule has 0 saturated heterocycles. The van der Waals surface area contributed by atoms with E-state index in [0.717, 1.165) is 33.8 Å². The molecule has 0 fully saturated rings. The van der Waals surface area contributed by atoms with Crippen molar-refractivity contribution in [1.82, 2.24) is 9.97 Å². The van der Waals surface area contributed by atoms with E-state index in [4.69, 9.17) is 13.9 Å². The Balaban J connectivity index is 1.70. The minimum absolute atomic E-state index is 0.528. The highest BCUT2D eigenvalue weighted by atomic mass is 16.5. The van der Waals surface area contributed by atoms with Gasteiger partial charge in [0.1, 0.15) is 11.5 Å². The van der Waals surface area contributed by atoms with Gasteiger partial charge in [-0.05, 0) is 53.6 Å². The van der Waals surface area contributed by atoms with Crippen LogP contribution in [0.1, 0.15) is 0 Å². The van der Waals surface area contributed by atoms with Crippen molar-refractivity contribution in [2.45, 2.75) is 0 Å². The van der Waals surface area contributed by atoms with Gasteiger partial charge >= 0.3 is 0 Å². The number of hydrogen-bond donors (Lipinski definition) is 0. The lowest BCUT2D eigenvalue weighted by Gasteiger charge is -2.07. The van der Waals surface area contributed by atoms with Gasteiger partial charge in [0.05, 0.1) is 26.0 Å². The van der Waals surface area contributed by atoms with Crippen molar-refractivity contribution in [3.8, 4) is 45.4 Å². The summed E-state index contributed by atoms with van der Waals surface area (Å²) in [5, 5.41) is 0. The molecule has 134 valence electrons. The lowest BCUT2D eigenvalue weighted by Crippen LogP contribution is -1.87. The van der Waals surface area contributed by atoms with Crippen LogP contribution in [0, 0.1) is 0 Å². The Hall–Kier alpha value is -3.60. The van der Waals surface area contributed by atoms with E-state index >= 15 is 0 Å². The summed E-state index contributed by atoms with van der Waals surface area (Å²) in [6.07, 6.45) is 5.25. The molecular weight excluding hydrogens is 340 g/mol. The van der Waals surface area contributed by atoms with Gasteiger partial charge in [-0.2, -0.15) is 0 Å². The van der Waals surface area contributed by atoms with Crippen LogP contribution in [0.5, 0.6) is 11.5 Å². The van der Waals surface area contributed by atoms with Crippen LogP contribution >= 0.6 is 0 Å². The van der Waals surface area contributed by atoms with Crippen molar-refractivity contribution < 1.29 is 13.9 Å². The Morgan fingerprint density at radius 1 is 0.704 bits per heavy atom. The third-order valence-electron chi connectivity index (χ3n) is 4.33. The summed E-state index contributed by atoms with van der Waals surface area (Å²) in [6.45, 7) is 0. The molecule has 0 N–H and O–H groups in total. The average molecular weight is 358 g/mol. The molecular formula is C22H18N2O3. The molecule has 0 atom stereocenters. The zero-order chi connectivity index (χ0) is 18.6. The Morgan fingerprint density at radius 2 is 1.33 bits per heavy atom. The number of nitrogens with zero attached hydrogens (tertiary/aromatic N) is 2. The second-order valence-corrected chi connectivity index (χ2v) is 5.91. The molecule has 0 saturated carbocycles.